The van der Waals surface area contributed by atoms with Crippen molar-refractivity contribution in [2.45, 2.75) is 27.7 Å². The zero-order valence-corrected chi connectivity index (χ0v) is 19.4. The van der Waals surface area contributed by atoms with E-state index < -0.39 is 5.97 Å². The largest absolute Gasteiger partial charge is 0.478 e. The Morgan fingerprint density at radius 1 is 0.697 bits per heavy atom. The standard InChI is InChI=1S/C14H15NO2.C13H13NO2/c1-9-6-4-5-7-11(9)13-12(14(16)17-3)10(2)8-15-13;1-8-5-3-4-6-10(8)12-11(13(15)16)9(2)7-14-12/h4-8,15H,1-3H3;3-7,14H,1-2H3,(H,15,16). The van der Waals surface area contributed by atoms with Crippen LogP contribution in [0.1, 0.15) is 43.0 Å². The van der Waals surface area contributed by atoms with Crippen LogP contribution in [0.15, 0.2) is 60.9 Å². The fourth-order valence-electron chi connectivity index (χ4n) is 3.82. The third kappa shape index (κ3) is 4.90. The van der Waals surface area contributed by atoms with E-state index in [2.05, 4.69) is 9.97 Å². The van der Waals surface area contributed by atoms with Crippen LogP contribution >= 0.6 is 0 Å². The number of carbonyl (C=O) groups excluding carboxylic acids is 1. The van der Waals surface area contributed by atoms with Crippen molar-refractivity contribution in [2.24, 2.45) is 0 Å². The highest BCUT2D eigenvalue weighted by Crippen LogP contribution is 2.29. The average Bonchev–Trinajstić information content (AvgIpc) is 3.37. The molecule has 33 heavy (non-hydrogen) atoms. The number of carbonyl (C=O) groups is 2. The number of aromatic amines is 2. The number of esters is 1. The van der Waals surface area contributed by atoms with E-state index in [1.165, 1.54) is 7.11 Å². The van der Waals surface area contributed by atoms with E-state index in [4.69, 9.17) is 9.84 Å². The topological polar surface area (TPSA) is 95.2 Å². The number of aryl methyl sites for hydroxylation is 4. The van der Waals surface area contributed by atoms with Crippen LogP contribution in [0.25, 0.3) is 22.5 Å². The quantitative estimate of drug-likeness (QED) is 0.332. The van der Waals surface area contributed by atoms with Gasteiger partial charge in [-0.1, -0.05) is 48.5 Å². The lowest BCUT2D eigenvalue weighted by molar-refractivity contribution is 0.0600. The molecule has 0 saturated carbocycles. The lowest BCUT2D eigenvalue weighted by Crippen LogP contribution is -2.03. The molecule has 0 aliphatic heterocycles. The number of nitrogens with one attached hydrogen (secondary N) is 2. The second-order valence-corrected chi connectivity index (χ2v) is 7.87. The van der Waals surface area contributed by atoms with Gasteiger partial charge >= 0.3 is 11.9 Å². The van der Waals surface area contributed by atoms with Crippen LogP contribution < -0.4 is 0 Å². The number of carboxylic acid groups (broad SMARTS) is 1. The van der Waals surface area contributed by atoms with Crippen molar-refractivity contribution < 1.29 is 19.4 Å². The average molecular weight is 445 g/mol. The molecule has 6 nitrogen and oxygen atoms in total. The number of aromatic carboxylic acids is 1. The van der Waals surface area contributed by atoms with Gasteiger partial charge in [-0.25, -0.2) is 9.59 Å². The molecule has 0 spiro atoms. The fourth-order valence-corrected chi connectivity index (χ4v) is 3.82. The Morgan fingerprint density at radius 2 is 1.12 bits per heavy atom. The summed E-state index contributed by atoms with van der Waals surface area (Å²) < 4.78 is 4.82. The highest BCUT2D eigenvalue weighted by molar-refractivity contribution is 5.98. The molecule has 0 fully saturated rings. The highest BCUT2D eigenvalue weighted by Gasteiger charge is 2.19. The molecule has 0 unspecified atom stereocenters. The van der Waals surface area contributed by atoms with Crippen molar-refractivity contribution >= 4 is 11.9 Å². The molecule has 0 saturated heterocycles. The second-order valence-electron chi connectivity index (χ2n) is 7.87. The van der Waals surface area contributed by atoms with E-state index in [0.29, 0.717) is 16.8 Å². The van der Waals surface area contributed by atoms with Gasteiger partial charge in [0.1, 0.15) is 0 Å². The van der Waals surface area contributed by atoms with Crippen molar-refractivity contribution in [3.63, 3.8) is 0 Å². The Hall–Kier alpha value is -4.06. The summed E-state index contributed by atoms with van der Waals surface area (Å²) in [4.78, 5) is 29.1. The van der Waals surface area contributed by atoms with Crippen LogP contribution in [0, 0.1) is 27.7 Å². The molecule has 0 atom stereocenters. The molecule has 4 aromatic rings. The minimum atomic E-state index is -0.892. The lowest BCUT2D eigenvalue weighted by atomic mass is 10.0. The first kappa shape index (κ1) is 23.6. The van der Waals surface area contributed by atoms with Gasteiger partial charge in [-0.15, -0.1) is 0 Å². The molecule has 2 aromatic heterocycles. The van der Waals surface area contributed by atoms with Gasteiger partial charge in [-0.2, -0.15) is 0 Å². The lowest BCUT2D eigenvalue weighted by Gasteiger charge is -2.06. The van der Waals surface area contributed by atoms with Crippen molar-refractivity contribution in [3.05, 3.63) is 94.3 Å². The number of benzene rings is 2. The van der Waals surface area contributed by atoms with Crippen molar-refractivity contribution in [1.82, 2.24) is 9.97 Å². The SMILES string of the molecule is COC(=O)c1c(C)c[nH]c1-c1ccccc1C.Cc1ccccc1-c1[nH]cc(C)c1C(=O)O. The summed E-state index contributed by atoms with van der Waals surface area (Å²) in [5.41, 5.74) is 8.29. The Bertz CT molecular complexity index is 1300. The molecule has 2 heterocycles. The molecule has 6 heteroatoms. The van der Waals surface area contributed by atoms with E-state index in [1.807, 2.05) is 75.5 Å². The monoisotopic (exact) mass is 444 g/mol. The highest BCUT2D eigenvalue weighted by atomic mass is 16.5. The van der Waals surface area contributed by atoms with Gasteiger partial charge in [-0.3, -0.25) is 0 Å². The number of hydrogen-bond donors (Lipinski definition) is 3. The van der Waals surface area contributed by atoms with Crippen molar-refractivity contribution in [3.8, 4) is 22.5 Å². The second kappa shape index (κ2) is 10.0. The van der Waals surface area contributed by atoms with E-state index in [1.54, 1.807) is 13.1 Å². The number of ether oxygens (including phenoxy) is 1. The van der Waals surface area contributed by atoms with Crippen LogP contribution in [-0.4, -0.2) is 34.1 Å². The zero-order valence-electron chi connectivity index (χ0n) is 19.4. The Balaban J connectivity index is 0.000000186. The maximum Gasteiger partial charge on any atom is 0.340 e. The summed E-state index contributed by atoms with van der Waals surface area (Å²) in [6, 6.07) is 15.7. The third-order valence-corrected chi connectivity index (χ3v) is 5.59. The summed E-state index contributed by atoms with van der Waals surface area (Å²) in [6.07, 6.45) is 3.55. The first-order valence-electron chi connectivity index (χ1n) is 10.6. The summed E-state index contributed by atoms with van der Waals surface area (Å²) >= 11 is 0. The minimum Gasteiger partial charge on any atom is -0.478 e. The van der Waals surface area contributed by atoms with Gasteiger partial charge in [0.2, 0.25) is 0 Å². The van der Waals surface area contributed by atoms with Crippen LogP contribution in [0.4, 0.5) is 0 Å². The van der Waals surface area contributed by atoms with E-state index in [-0.39, 0.29) is 5.97 Å². The van der Waals surface area contributed by atoms with Crippen LogP contribution in [0.3, 0.4) is 0 Å². The molecular formula is C27H28N2O4. The number of carboxylic acids is 1. The molecule has 170 valence electrons. The summed E-state index contributed by atoms with van der Waals surface area (Å²) in [5.74, 6) is -1.20. The smallest absolute Gasteiger partial charge is 0.340 e. The van der Waals surface area contributed by atoms with E-state index >= 15 is 0 Å². The minimum absolute atomic E-state index is 0.304. The van der Waals surface area contributed by atoms with Crippen LogP contribution in [0.5, 0.6) is 0 Å². The first-order valence-corrected chi connectivity index (χ1v) is 10.6. The Labute approximate surface area is 193 Å². The predicted molar refractivity (Wildman–Crippen MR) is 130 cm³/mol. The summed E-state index contributed by atoms with van der Waals surface area (Å²) in [5, 5.41) is 9.17. The zero-order chi connectivity index (χ0) is 24.1. The molecule has 3 N–H and O–H groups in total. The number of aromatic nitrogens is 2. The van der Waals surface area contributed by atoms with Crippen LogP contribution in [0.2, 0.25) is 0 Å². The van der Waals surface area contributed by atoms with Gasteiger partial charge in [0.15, 0.2) is 0 Å². The predicted octanol–water partition coefficient (Wildman–Crippen LogP) is 6.08. The molecule has 0 aliphatic carbocycles. The number of methoxy groups -OCH3 is 1. The van der Waals surface area contributed by atoms with E-state index in [9.17, 15) is 9.59 Å². The maximum atomic E-state index is 11.8. The molecule has 2 aromatic carbocycles. The van der Waals surface area contributed by atoms with Gasteiger partial charge in [0.05, 0.1) is 29.6 Å². The molecule has 0 bridgehead atoms. The summed E-state index contributed by atoms with van der Waals surface area (Å²) in [7, 11) is 1.40. The first-order chi connectivity index (χ1) is 15.8. The van der Waals surface area contributed by atoms with Crippen LogP contribution in [-0.2, 0) is 4.74 Å². The number of H-pyrrole nitrogens is 2. The van der Waals surface area contributed by atoms with Gasteiger partial charge in [0.25, 0.3) is 0 Å². The van der Waals surface area contributed by atoms with Gasteiger partial charge < -0.3 is 19.8 Å². The summed E-state index contributed by atoms with van der Waals surface area (Å²) in [6.45, 7) is 7.68. The van der Waals surface area contributed by atoms with Gasteiger partial charge in [0, 0.05) is 23.5 Å². The molecule has 4 rings (SSSR count). The van der Waals surface area contributed by atoms with E-state index in [0.717, 1.165) is 39.1 Å². The third-order valence-electron chi connectivity index (χ3n) is 5.59. The van der Waals surface area contributed by atoms with Crippen molar-refractivity contribution in [1.29, 1.82) is 0 Å². The molecular weight excluding hydrogens is 416 g/mol. The van der Waals surface area contributed by atoms with Crippen molar-refractivity contribution in [2.75, 3.05) is 7.11 Å². The molecule has 0 aliphatic rings. The molecule has 0 amide bonds. The normalized spacial score (nSPS) is 10.3. The van der Waals surface area contributed by atoms with Gasteiger partial charge in [-0.05, 0) is 49.9 Å². The number of hydrogen-bond acceptors (Lipinski definition) is 3. The fraction of sp³-hybridized carbons (Fsp3) is 0.185. The number of rotatable bonds is 4. The maximum absolute atomic E-state index is 11.8. The Kier molecular flexibility index (Phi) is 7.18. The Morgan fingerprint density at radius 3 is 1.55 bits per heavy atom. The molecule has 0 radical (unpaired) electrons.